The minimum Gasteiger partial charge on any atom is -0.453 e. The smallest absolute Gasteiger partial charge is 0.348 e. The number of amides is 1. The molecule has 0 saturated carbocycles. The van der Waals surface area contributed by atoms with Gasteiger partial charge in [-0.2, -0.15) is 0 Å². The molecule has 2 heterocycles. The van der Waals surface area contributed by atoms with E-state index in [9.17, 15) is 18.8 Å². The van der Waals surface area contributed by atoms with Crippen LogP contribution in [0.5, 0.6) is 0 Å². The van der Waals surface area contributed by atoms with Crippen molar-refractivity contribution >= 4 is 44.8 Å². The van der Waals surface area contributed by atoms with Crippen molar-refractivity contribution in [3.8, 4) is 0 Å². The average molecular weight is 383 g/mol. The number of Topliss-reactive ketones (excluding diaryl/α,β-unsaturated/α-hetero) is 1. The van der Waals surface area contributed by atoms with Crippen molar-refractivity contribution in [2.45, 2.75) is 6.42 Å². The predicted molar refractivity (Wildman–Crippen MR) is 100.0 cm³/mol. The molecule has 2 aromatic carbocycles. The number of carbonyl (C=O) groups is 3. The summed E-state index contributed by atoms with van der Waals surface area (Å²) in [5.74, 6) is -1.38. The second kappa shape index (κ2) is 6.59. The highest BCUT2D eigenvalue weighted by Crippen LogP contribution is 2.29. The van der Waals surface area contributed by atoms with Crippen LogP contribution >= 0.6 is 11.3 Å². The van der Waals surface area contributed by atoms with Crippen LogP contribution in [0.4, 0.5) is 10.1 Å². The number of esters is 1. The van der Waals surface area contributed by atoms with Crippen LogP contribution in [0.2, 0.25) is 0 Å². The first-order valence-electron chi connectivity index (χ1n) is 8.21. The molecular weight excluding hydrogens is 369 g/mol. The van der Waals surface area contributed by atoms with Gasteiger partial charge in [0.25, 0.3) is 0 Å². The van der Waals surface area contributed by atoms with Crippen LogP contribution in [0.3, 0.4) is 0 Å². The Morgan fingerprint density at radius 1 is 1.19 bits per heavy atom. The normalized spacial score (nSPS) is 13.1. The summed E-state index contributed by atoms with van der Waals surface area (Å²) in [4.78, 5) is 38.1. The van der Waals surface area contributed by atoms with Crippen LogP contribution < -0.4 is 4.90 Å². The van der Waals surface area contributed by atoms with Crippen molar-refractivity contribution in [3.63, 3.8) is 0 Å². The van der Waals surface area contributed by atoms with E-state index in [4.69, 9.17) is 4.74 Å². The molecule has 0 unspecified atom stereocenters. The molecule has 0 saturated heterocycles. The van der Waals surface area contributed by atoms with E-state index in [2.05, 4.69) is 0 Å². The summed E-state index contributed by atoms with van der Waals surface area (Å²) < 4.78 is 19.1. The van der Waals surface area contributed by atoms with Crippen LogP contribution in [0.25, 0.3) is 10.1 Å². The number of carbonyl (C=O) groups excluding carboxylic acids is 3. The Hall–Kier alpha value is -3.06. The topological polar surface area (TPSA) is 63.7 Å². The van der Waals surface area contributed by atoms with Gasteiger partial charge in [0.15, 0.2) is 12.4 Å². The maximum Gasteiger partial charge on any atom is 0.348 e. The van der Waals surface area contributed by atoms with Crippen molar-refractivity contribution in [2.24, 2.45) is 0 Å². The van der Waals surface area contributed by atoms with Gasteiger partial charge in [-0.15, -0.1) is 11.3 Å². The zero-order chi connectivity index (χ0) is 19.1. The maximum absolute atomic E-state index is 13.3. The van der Waals surface area contributed by atoms with Crippen molar-refractivity contribution in [3.05, 3.63) is 64.3 Å². The van der Waals surface area contributed by atoms with Crippen LogP contribution in [0.1, 0.15) is 25.6 Å². The molecule has 1 amide bonds. The summed E-state index contributed by atoms with van der Waals surface area (Å²) >= 11 is 1.18. The number of rotatable bonds is 4. The fourth-order valence-electron chi connectivity index (χ4n) is 3.04. The Labute approximate surface area is 158 Å². The van der Waals surface area contributed by atoms with Gasteiger partial charge in [0.05, 0.1) is 6.42 Å². The third-order valence-corrected chi connectivity index (χ3v) is 5.59. The number of hydrogen-bond acceptors (Lipinski definition) is 5. The van der Waals surface area contributed by atoms with E-state index in [1.165, 1.54) is 23.5 Å². The number of fused-ring (bicyclic) bond motifs is 2. The van der Waals surface area contributed by atoms with E-state index in [0.717, 1.165) is 16.0 Å². The molecule has 0 bridgehead atoms. The fourth-order valence-corrected chi connectivity index (χ4v) is 3.98. The molecule has 1 aromatic heterocycles. The van der Waals surface area contributed by atoms with Gasteiger partial charge in [-0.05, 0) is 53.4 Å². The van der Waals surface area contributed by atoms with Gasteiger partial charge in [0.2, 0.25) is 5.91 Å². The summed E-state index contributed by atoms with van der Waals surface area (Å²) in [7, 11) is 1.69. The molecule has 7 heteroatoms. The minimum atomic E-state index is -0.624. The van der Waals surface area contributed by atoms with Gasteiger partial charge in [0.1, 0.15) is 10.7 Å². The summed E-state index contributed by atoms with van der Waals surface area (Å²) in [6.45, 7) is -0.399. The van der Waals surface area contributed by atoms with Gasteiger partial charge >= 0.3 is 5.97 Å². The highest BCUT2D eigenvalue weighted by atomic mass is 32.1. The average Bonchev–Trinajstić information content (AvgIpc) is 3.19. The summed E-state index contributed by atoms with van der Waals surface area (Å²) in [5, 5.41) is 0.616. The molecule has 0 aliphatic carbocycles. The molecule has 3 aromatic rings. The van der Waals surface area contributed by atoms with E-state index < -0.39 is 12.6 Å². The van der Waals surface area contributed by atoms with E-state index in [1.54, 1.807) is 42.3 Å². The lowest BCUT2D eigenvalue weighted by Gasteiger charge is -2.10. The lowest BCUT2D eigenvalue weighted by atomic mass is 10.1. The maximum atomic E-state index is 13.3. The zero-order valence-corrected chi connectivity index (χ0v) is 15.1. The van der Waals surface area contributed by atoms with Crippen molar-refractivity contribution in [2.75, 3.05) is 18.6 Å². The van der Waals surface area contributed by atoms with E-state index in [1.807, 2.05) is 0 Å². The molecule has 0 spiro atoms. The molecule has 4 rings (SSSR count). The molecule has 0 fully saturated rings. The molecular formula is C20H14FNO4S. The number of anilines is 1. The number of ether oxygens (including phenoxy) is 1. The highest BCUT2D eigenvalue weighted by molar-refractivity contribution is 7.20. The quantitative estimate of drug-likeness (QED) is 0.510. The molecule has 0 atom stereocenters. The van der Waals surface area contributed by atoms with Crippen molar-refractivity contribution in [1.29, 1.82) is 0 Å². The Balaban J connectivity index is 1.45. The molecule has 0 N–H and O–H groups in total. The number of hydrogen-bond donors (Lipinski definition) is 0. The second-order valence-electron chi connectivity index (χ2n) is 6.27. The highest BCUT2D eigenvalue weighted by Gasteiger charge is 2.25. The van der Waals surface area contributed by atoms with Gasteiger partial charge < -0.3 is 9.64 Å². The van der Waals surface area contributed by atoms with Crippen LogP contribution in [-0.2, 0) is 16.0 Å². The zero-order valence-electron chi connectivity index (χ0n) is 14.3. The van der Waals surface area contributed by atoms with E-state index >= 15 is 0 Å². The number of likely N-dealkylation sites (N-methyl/N-ethyl adjacent to an activating group) is 1. The Morgan fingerprint density at radius 2 is 2.00 bits per heavy atom. The lowest BCUT2D eigenvalue weighted by molar-refractivity contribution is -0.117. The molecule has 1 aliphatic rings. The summed E-state index contributed by atoms with van der Waals surface area (Å²) in [6.07, 6.45) is 0.255. The number of thiophene rings is 1. The fraction of sp³-hybridized carbons (Fsp3) is 0.150. The first-order valence-corrected chi connectivity index (χ1v) is 9.03. The number of ketones is 1. The van der Waals surface area contributed by atoms with Crippen LogP contribution in [0, 0.1) is 5.82 Å². The largest absolute Gasteiger partial charge is 0.453 e. The number of nitrogens with zero attached hydrogens (tertiary/aromatic N) is 1. The third-order valence-electron chi connectivity index (χ3n) is 4.49. The van der Waals surface area contributed by atoms with Crippen molar-refractivity contribution < 1.29 is 23.5 Å². The summed E-state index contributed by atoms with van der Waals surface area (Å²) in [5.41, 5.74) is 1.96. The Bertz CT molecular complexity index is 1100. The molecule has 1 aliphatic heterocycles. The van der Waals surface area contributed by atoms with Gasteiger partial charge in [-0.1, -0.05) is 0 Å². The van der Waals surface area contributed by atoms with Gasteiger partial charge in [-0.3, -0.25) is 9.59 Å². The standard InChI is InChI=1S/C20H14FNO4S/c1-22-15-4-2-11(6-12(15)9-19(22)24)16(23)10-26-20(25)18-8-13-7-14(21)3-5-17(13)27-18/h2-8H,9-10H2,1H3. The van der Waals surface area contributed by atoms with Gasteiger partial charge in [0, 0.05) is 23.0 Å². The van der Waals surface area contributed by atoms with Crippen molar-refractivity contribution in [1.82, 2.24) is 0 Å². The number of benzene rings is 2. The molecule has 136 valence electrons. The first-order chi connectivity index (χ1) is 12.9. The van der Waals surface area contributed by atoms with Gasteiger partial charge in [-0.25, -0.2) is 9.18 Å². The predicted octanol–water partition coefficient (Wildman–Crippen LogP) is 3.60. The lowest BCUT2D eigenvalue weighted by Crippen LogP contribution is -2.20. The monoisotopic (exact) mass is 383 g/mol. The molecule has 5 nitrogen and oxygen atoms in total. The second-order valence-corrected chi connectivity index (χ2v) is 7.35. The Kier molecular flexibility index (Phi) is 4.24. The van der Waals surface area contributed by atoms with Crippen LogP contribution in [0.15, 0.2) is 42.5 Å². The molecule has 0 radical (unpaired) electrons. The molecule has 27 heavy (non-hydrogen) atoms. The van der Waals surface area contributed by atoms with E-state index in [-0.39, 0.29) is 23.9 Å². The Morgan fingerprint density at radius 3 is 2.81 bits per heavy atom. The summed E-state index contributed by atoms with van der Waals surface area (Å²) in [6, 6.07) is 10.8. The SMILES string of the molecule is CN1C(=O)Cc2cc(C(=O)COC(=O)c3cc4cc(F)ccc4s3)ccc21. The number of halogens is 1. The third kappa shape index (κ3) is 3.21. The first kappa shape index (κ1) is 17.4. The van der Waals surface area contributed by atoms with E-state index in [0.29, 0.717) is 15.8 Å². The minimum absolute atomic E-state index is 0.0257. The van der Waals surface area contributed by atoms with Crippen LogP contribution in [-0.4, -0.2) is 31.3 Å².